The van der Waals surface area contributed by atoms with Crippen molar-refractivity contribution in [3.8, 4) is 6.07 Å². The molecule has 1 atom stereocenters. The van der Waals surface area contributed by atoms with Gasteiger partial charge in [0.2, 0.25) is 0 Å². The highest BCUT2D eigenvalue weighted by molar-refractivity contribution is 6.30. The summed E-state index contributed by atoms with van der Waals surface area (Å²) in [6, 6.07) is 8.45. The van der Waals surface area contributed by atoms with Crippen molar-refractivity contribution in [2.75, 3.05) is 0 Å². The van der Waals surface area contributed by atoms with Crippen LogP contribution in [0.15, 0.2) is 35.5 Å². The van der Waals surface area contributed by atoms with Gasteiger partial charge >= 0.3 is 6.03 Å². The topological polar surface area (TPSA) is 64.9 Å². The van der Waals surface area contributed by atoms with Gasteiger partial charge < -0.3 is 10.6 Å². The van der Waals surface area contributed by atoms with E-state index in [-0.39, 0.29) is 6.03 Å². The molecule has 0 saturated carbocycles. The Morgan fingerprint density at radius 3 is 2.88 bits per heavy atom. The summed E-state index contributed by atoms with van der Waals surface area (Å²) >= 11 is 5.90. The number of allylic oxidation sites excluding steroid dienone is 1. The van der Waals surface area contributed by atoms with Gasteiger partial charge in [0.15, 0.2) is 0 Å². The monoisotopic (exact) mass is 247 g/mol. The van der Waals surface area contributed by atoms with E-state index in [1.54, 1.807) is 25.1 Å². The molecular formula is C12H10ClN3O. The van der Waals surface area contributed by atoms with E-state index >= 15 is 0 Å². The molecule has 0 fully saturated rings. The lowest BCUT2D eigenvalue weighted by atomic mass is 9.97. The predicted molar refractivity (Wildman–Crippen MR) is 64.2 cm³/mol. The molecule has 1 heterocycles. The second-order valence-corrected chi connectivity index (χ2v) is 4.17. The molecule has 1 aliphatic heterocycles. The quantitative estimate of drug-likeness (QED) is 0.801. The Hall–Kier alpha value is -1.99. The van der Waals surface area contributed by atoms with Crippen molar-refractivity contribution in [3.63, 3.8) is 0 Å². The van der Waals surface area contributed by atoms with E-state index in [1.165, 1.54) is 0 Å². The number of nitrogens with one attached hydrogen (secondary N) is 2. The molecule has 0 aromatic heterocycles. The van der Waals surface area contributed by atoms with Crippen molar-refractivity contribution in [1.29, 1.82) is 5.26 Å². The molecule has 4 nitrogen and oxygen atoms in total. The molecule has 0 saturated heterocycles. The number of halogens is 1. The highest BCUT2D eigenvalue weighted by Crippen LogP contribution is 2.27. The molecule has 2 rings (SSSR count). The molecule has 0 aliphatic carbocycles. The Morgan fingerprint density at radius 2 is 2.24 bits per heavy atom. The van der Waals surface area contributed by atoms with Crippen LogP contribution < -0.4 is 10.6 Å². The molecule has 5 heteroatoms. The van der Waals surface area contributed by atoms with Crippen LogP contribution in [0.4, 0.5) is 4.79 Å². The van der Waals surface area contributed by atoms with Crippen LogP contribution in [0.3, 0.4) is 0 Å². The van der Waals surface area contributed by atoms with Crippen LogP contribution in [0, 0.1) is 11.3 Å². The van der Waals surface area contributed by atoms with E-state index in [0.717, 1.165) is 5.56 Å². The van der Waals surface area contributed by atoms with Gasteiger partial charge in [-0.1, -0.05) is 23.7 Å². The first kappa shape index (κ1) is 11.5. The lowest BCUT2D eigenvalue weighted by Crippen LogP contribution is -2.43. The smallest absolute Gasteiger partial charge is 0.319 e. The van der Waals surface area contributed by atoms with Crippen LogP contribution in [0.1, 0.15) is 18.5 Å². The second kappa shape index (κ2) is 4.48. The average Bonchev–Trinajstić information content (AvgIpc) is 2.28. The van der Waals surface area contributed by atoms with E-state index in [9.17, 15) is 4.79 Å². The van der Waals surface area contributed by atoms with Crippen LogP contribution >= 0.6 is 11.6 Å². The first-order valence-corrected chi connectivity index (χ1v) is 5.43. The third-order valence-electron chi connectivity index (χ3n) is 2.57. The number of carbonyl (C=O) groups is 1. The minimum absolute atomic E-state index is 0.313. The molecule has 17 heavy (non-hydrogen) atoms. The van der Waals surface area contributed by atoms with Gasteiger partial charge in [-0.25, -0.2) is 4.79 Å². The van der Waals surface area contributed by atoms with Gasteiger partial charge in [0, 0.05) is 10.7 Å². The summed E-state index contributed by atoms with van der Waals surface area (Å²) in [6.07, 6.45) is 0. The number of rotatable bonds is 1. The Labute approximate surface area is 104 Å². The zero-order valence-electron chi connectivity index (χ0n) is 9.12. The van der Waals surface area contributed by atoms with Crippen LogP contribution in [-0.2, 0) is 0 Å². The van der Waals surface area contributed by atoms with Gasteiger partial charge in [-0.15, -0.1) is 0 Å². The minimum atomic E-state index is -0.438. The van der Waals surface area contributed by atoms with Gasteiger partial charge in [0.1, 0.15) is 0 Å². The molecule has 0 radical (unpaired) electrons. The van der Waals surface area contributed by atoms with E-state index in [1.807, 2.05) is 6.07 Å². The molecule has 1 aliphatic rings. The van der Waals surface area contributed by atoms with E-state index in [4.69, 9.17) is 16.9 Å². The van der Waals surface area contributed by atoms with Crippen molar-refractivity contribution in [3.05, 3.63) is 46.1 Å². The van der Waals surface area contributed by atoms with Crippen molar-refractivity contribution in [2.45, 2.75) is 13.0 Å². The summed E-state index contributed by atoms with van der Waals surface area (Å²) in [7, 11) is 0. The SMILES string of the molecule is CC1=C(C#N)C(c2cccc(Cl)c2)NC(=O)N1. The molecule has 2 amide bonds. The summed E-state index contributed by atoms with van der Waals surface area (Å²) in [5.41, 5.74) is 1.86. The molecule has 1 aromatic rings. The Morgan fingerprint density at radius 1 is 1.47 bits per heavy atom. The number of carbonyl (C=O) groups excluding carboxylic acids is 1. The van der Waals surface area contributed by atoms with Crippen LogP contribution in [0.2, 0.25) is 5.02 Å². The number of benzene rings is 1. The van der Waals surface area contributed by atoms with Crippen LogP contribution in [0.25, 0.3) is 0 Å². The molecule has 86 valence electrons. The maximum absolute atomic E-state index is 11.4. The Balaban J connectivity index is 2.47. The number of nitrogens with zero attached hydrogens (tertiary/aromatic N) is 1. The number of amides is 2. The highest BCUT2D eigenvalue weighted by Gasteiger charge is 2.26. The van der Waals surface area contributed by atoms with E-state index in [0.29, 0.717) is 16.3 Å². The van der Waals surface area contributed by atoms with Gasteiger partial charge in [-0.05, 0) is 24.6 Å². The van der Waals surface area contributed by atoms with Crippen LogP contribution in [0.5, 0.6) is 0 Å². The van der Waals surface area contributed by atoms with Gasteiger partial charge in [0.25, 0.3) is 0 Å². The van der Waals surface area contributed by atoms with E-state index < -0.39 is 6.04 Å². The van der Waals surface area contributed by atoms with E-state index in [2.05, 4.69) is 16.7 Å². The summed E-state index contributed by atoms with van der Waals surface area (Å²) in [4.78, 5) is 11.4. The second-order valence-electron chi connectivity index (χ2n) is 3.74. The fourth-order valence-electron chi connectivity index (χ4n) is 1.78. The maximum atomic E-state index is 11.4. The van der Waals surface area contributed by atoms with Crippen molar-refractivity contribution in [2.24, 2.45) is 0 Å². The summed E-state index contributed by atoms with van der Waals surface area (Å²) < 4.78 is 0. The first-order valence-electron chi connectivity index (χ1n) is 5.05. The van der Waals surface area contributed by atoms with Crippen molar-refractivity contribution < 1.29 is 4.79 Å². The number of hydrogen-bond acceptors (Lipinski definition) is 2. The lowest BCUT2D eigenvalue weighted by Gasteiger charge is -2.25. The molecule has 2 N–H and O–H groups in total. The molecule has 1 unspecified atom stereocenters. The van der Waals surface area contributed by atoms with Gasteiger partial charge in [-0.2, -0.15) is 5.26 Å². The fraction of sp³-hybridized carbons (Fsp3) is 0.167. The molecule has 1 aromatic carbocycles. The highest BCUT2D eigenvalue weighted by atomic mass is 35.5. The predicted octanol–water partition coefficient (Wildman–Crippen LogP) is 2.49. The third-order valence-corrected chi connectivity index (χ3v) is 2.81. The van der Waals surface area contributed by atoms with Gasteiger partial charge in [0.05, 0.1) is 17.7 Å². The minimum Gasteiger partial charge on any atom is -0.326 e. The van der Waals surface area contributed by atoms with Gasteiger partial charge in [-0.3, -0.25) is 0 Å². The normalized spacial score (nSPS) is 19.4. The summed E-state index contributed by atoms with van der Waals surface area (Å²) in [5.74, 6) is 0. The fourth-order valence-corrected chi connectivity index (χ4v) is 1.98. The molecular weight excluding hydrogens is 238 g/mol. The number of nitriles is 1. The van der Waals surface area contributed by atoms with Crippen molar-refractivity contribution >= 4 is 17.6 Å². The average molecular weight is 248 g/mol. The summed E-state index contributed by atoms with van der Waals surface area (Å²) in [5, 5.41) is 15.0. The Bertz CT molecular complexity index is 545. The first-order chi connectivity index (χ1) is 8.11. The molecule has 0 spiro atoms. The number of hydrogen-bond donors (Lipinski definition) is 2. The molecule has 0 bridgehead atoms. The Kier molecular flexibility index (Phi) is 3.03. The standard InChI is InChI=1S/C12H10ClN3O/c1-7-10(6-14)11(16-12(17)15-7)8-3-2-4-9(13)5-8/h2-5,11H,1H3,(H2,15,16,17). The zero-order chi connectivity index (χ0) is 12.4. The van der Waals surface area contributed by atoms with Crippen LogP contribution in [-0.4, -0.2) is 6.03 Å². The largest absolute Gasteiger partial charge is 0.326 e. The zero-order valence-corrected chi connectivity index (χ0v) is 9.88. The summed E-state index contributed by atoms with van der Waals surface area (Å²) in [6.45, 7) is 1.70. The lowest BCUT2D eigenvalue weighted by molar-refractivity contribution is 0.239. The number of urea groups is 1. The third kappa shape index (κ3) is 2.24. The maximum Gasteiger partial charge on any atom is 0.319 e. The van der Waals surface area contributed by atoms with Crippen molar-refractivity contribution in [1.82, 2.24) is 10.6 Å².